The Morgan fingerprint density at radius 2 is 2.29 bits per heavy atom. The zero-order valence-corrected chi connectivity index (χ0v) is 12.4. The summed E-state index contributed by atoms with van der Waals surface area (Å²) in [6, 6.07) is 2.38. The Bertz CT molecular complexity index is 462. The molecule has 2 aliphatic rings. The molecule has 2 heterocycles. The highest BCUT2D eigenvalue weighted by Gasteiger charge is 2.19. The third-order valence-electron chi connectivity index (χ3n) is 4.24. The molecule has 1 aliphatic carbocycles. The summed E-state index contributed by atoms with van der Waals surface area (Å²) in [5.41, 5.74) is 0. The number of rotatable bonds is 4. The van der Waals surface area contributed by atoms with Crippen LogP contribution in [0.1, 0.15) is 44.6 Å². The van der Waals surface area contributed by atoms with E-state index in [-0.39, 0.29) is 12.0 Å². The van der Waals surface area contributed by atoms with Crippen molar-refractivity contribution in [1.29, 1.82) is 0 Å². The Kier molecular flexibility index (Phi) is 4.87. The van der Waals surface area contributed by atoms with Crippen LogP contribution >= 0.6 is 0 Å². The van der Waals surface area contributed by atoms with E-state index in [2.05, 4.69) is 15.7 Å². The second-order valence-corrected chi connectivity index (χ2v) is 5.92. The lowest BCUT2D eigenvalue weighted by Crippen LogP contribution is -2.40. The Balaban J connectivity index is 1.50. The summed E-state index contributed by atoms with van der Waals surface area (Å²) in [4.78, 5) is 12.0. The number of anilines is 1. The van der Waals surface area contributed by atoms with E-state index >= 15 is 0 Å². The molecule has 1 atom stereocenters. The molecule has 1 saturated carbocycles. The molecule has 6 heteroatoms. The van der Waals surface area contributed by atoms with Gasteiger partial charge in [0.1, 0.15) is 0 Å². The van der Waals surface area contributed by atoms with Gasteiger partial charge in [0.25, 0.3) is 0 Å². The first-order valence-corrected chi connectivity index (χ1v) is 7.98. The van der Waals surface area contributed by atoms with Crippen molar-refractivity contribution in [3.8, 4) is 0 Å². The average Bonchev–Trinajstić information content (AvgIpc) is 2.97. The van der Waals surface area contributed by atoms with Crippen molar-refractivity contribution in [2.75, 3.05) is 25.0 Å². The van der Waals surface area contributed by atoms with Gasteiger partial charge in [-0.2, -0.15) is 5.10 Å². The van der Waals surface area contributed by atoms with E-state index in [0.717, 1.165) is 13.1 Å². The van der Waals surface area contributed by atoms with Crippen LogP contribution in [0.3, 0.4) is 0 Å². The molecule has 2 fully saturated rings. The van der Waals surface area contributed by atoms with Gasteiger partial charge >= 0.3 is 0 Å². The van der Waals surface area contributed by atoms with Gasteiger partial charge in [0.15, 0.2) is 5.82 Å². The van der Waals surface area contributed by atoms with Crippen LogP contribution in [-0.2, 0) is 9.53 Å². The summed E-state index contributed by atoms with van der Waals surface area (Å²) in [5.74, 6) is 0.618. The first-order chi connectivity index (χ1) is 10.3. The van der Waals surface area contributed by atoms with E-state index < -0.39 is 0 Å². The third-order valence-corrected chi connectivity index (χ3v) is 4.24. The molecule has 0 spiro atoms. The van der Waals surface area contributed by atoms with E-state index in [1.807, 2.05) is 16.9 Å². The van der Waals surface area contributed by atoms with Crippen LogP contribution in [0.15, 0.2) is 12.3 Å². The minimum absolute atomic E-state index is 0.0285. The second-order valence-electron chi connectivity index (χ2n) is 5.92. The number of nitrogens with zero attached hydrogens (tertiary/aromatic N) is 2. The van der Waals surface area contributed by atoms with Gasteiger partial charge in [-0.25, -0.2) is 0 Å². The fraction of sp³-hybridized carbons (Fsp3) is 0.733. The van der Waals surface area contributed by atoms with Gasteiger partial charge < -0.3 is 15.4 Å². The maximum atomic E-state index is 12.0. The fourth-order valence-electron chi connectivity index (χ4n) is 3.11. The highest BCUT2D eigenvalue weighted by Crippen LogP contribution is 2.27. The summed E-state index contributed by atoms with van der Waals surface area (Å²) in [6.07, 6.45) is 8.59. The first-order valence-electron chi connectivity index (χ1n) is 7.98. The van der Waals surface area contributed by atoms with E-state index in [4.69, 9.17) is 4.74 Å². The van der Waals surface area contributed by atoms with Crippen molar-refractivity contribution in [2.24, 2.45) is 0 Å². The van der Waals surface area contributed by atoms with Gasteiger partial charge in [-0.15, -0.1) is 0 Å². The number of amides is 1. The molecule has 1 saturated heterocycles. The quantitative estimate of drug-likeness (QED) is 0.886. The SMILES string of the molecule is O=C(CC1CNCCO1)Nc1ccn(C2CCCCC2)n1. The number of hydrogen-bond donors (Lipinski definition) is 2. The number of aromatic nitrogens is 2. The van der Waals surface area contributed by atoms with Crippen molar-refractivity contribution in [1.82, 2.24) is 15.1 Å². The van der Waals surface area contributed by atoms with Crippen molar-refractivity contribution in [2.45, 2.75) is 50.7 Å². The lowest BCUT2D eigenvalue weighted by molar-refractivity contribution is -0.119. The van der Waals surface area contributed by atoms with E-state index in [1.165, 1.54) is 32.1 Å². The number of nitrogens with one attached hydrogen (secondary N) is 2. The van der Waals surface area contributed by atoms with Gasteiger partial charge in [0, 0.05) is 25.4 Å². The monoisotopic (exact) mass is 292 g/mol. The summed E-state index contributed by atoms with van der Waals surface area (Å²) in [7, 11) is 0. The van der Waals surface area contributed by atoms with Gasteiger partial charge in [0.2, 0.25) is 5.91 Å². The molecule has 1 aromatic rings. The topological polar surface area (TPSA) is 68.2 Å². The molecule has 0 bridgehead atoms. The molecular formula is C15H24N4O2. The van der Waals surface area contributed by atoms with E-state index in [0.29, 0.717) is 24.9 Å². The van der Waals surface area contributed by atoms with Crippen LogP contribution in [0, 0.1) is 0 Å². The van der Waals surface area contributed by atoms with Crippen molar-refractivity contribution >= 4 is 11.7 Å². The van der Waals surface area contributed by atoms with Crippen LogP contribution < -0.4 is 10.6 Å². The maximum Gasteiger partial charge on any atom is 0.228 e. The molecule has 3 rings (SSSR count). The minimum atomic E-state index is -0.0300. The van der Waals surface area contributed by atoms with Crippen LogP contribution in [0.2, 0.25) is 0 Å². The largest absolute Gasteiger partial charge is 0.375 e. The average molecular weight is 292 g/mol. The van der Waals surface area contributed by atoms with Crippen LogP contribution in [0.5, 0.6) is 0 Å². The van der Waals surface area contributed by atoms with Crippen molar-refractivity contribution < 1.29 is 9.53 Å². The summed E-state index contributed by atoms with van der Waals surface area (Å²) in [5, 5.41) is 10.6. The molecule has 6 nitrogen and oxygen atoms in total. The van der Waals surface area contributed by atoms with Gasteiger partial charge in [-0.3, -0.25) is 9.48 Å². The first kappa shape index (κ1) is 14.5. The lowest BCUT2D eigenvalue weighted by atomic mass is 9.96. The molecule has 1 unspecified atom stereocenters. The number of morpholine rings is 1. The summed E-state index contributed by atoms with van der Waals surface area (Å²) >= 11 is 0. The fourth-order valence-corrected chi connectivity index (χ4v) is 3.11. The molecular weight excluding hydrogens is 268 g/mol. The Morgan fingerprint density at radius 1 is 1.43 bits per heavy atom. The van der Waals surface area contributed by atoms with Crippen LogP contribution in [0.25, 0.3) is 0 Å². The smallest absolute Gasteiger partial charge is 0.228 e. The normalized spacial score (nSPS) is 23.9. The van der Waals surface area contributed by atoms with Gasteiger partial charge in [-0.05, 0) is 12.8 Å². The lowest BCUT2D eigenvalue weighted by Gasteiger charge is -2.23. The van der Waals surface area contributed by atoms with Crippen molar-refractivity contribution in [3.05, 3.63) is 12.3 Å². The zero-order chi connectivity index (χ0) is 14.5. The predicted octanol–water partition coefficient (Wildman–Crippen LogP) is 1.71. The zero-order valence-electron chi connectivity index (χ0n) is 12.4. The molecule has 2 N–H and O–H groups in total. The Morgan fingerprint density at radius 3 is 3.05 bits per heavy atom. The van der Waals surface area contributed by atoms with Crippen molar-refractivity contribution in [3.63, 3.8) is 0 Å². The molecule has 0 aromatic carbocycles. The second kappa shape index (κ2) is 7.04. The minimum Gasteiger partial charge on any atom is -0.375 e. The van der Waals surface area contributed by atoms with Gasteiger partial charge in [0.05, 0.1) is 25.2 Å². The van der Waals surface area contributed by atoms with E-state index in [1.54, 1.807) is 0 Å². The van der Waals surface area contributed by atoms with Crippen LogP contribution in [-0.4, -0.2) is 41.5 Å². The number of hydrogen-bond acceptors (Lipinski definition) is 4. The molecule has 21 heavy (non-hydrogen) atoms. The molecule has 0 radical (unpaired) electrons. The number of carbonyl (C=O) groups excluding carboxylic acids is 1. The summed E-state index contributed by atoms with van der Waals surface area (Å²) in [6.45, 7) is 2.28. The number of carbonyl (C=O) groups is 1. The molecule has 1 amide bonds. The van der Waals surface area contributed by atoms with Crippen LogP contribution in [0.4, 0.5) is 5.82 Å². The molecule has 1 aromatic heterocycles. The standard InChI is InChI=1S/C15H24N4O2/c20-15(10-13-11-16-7-9-21-13)17-14-6-8-19(18-14)12-4-2-1-3-5-12/h6,8,12-13,16H,1-5,7,9-11H2,(H,17,18,20). The molecule has 1 aliphatic heterocycles. The third kappa shape index (κ3) is 4.04. The Hall–Kier alpha value is -1.40. The predicted molar refractivity (Wildman–Crippen MR) is 80.2 cm³/mol. The van der Waals surface area contributed by atoms with E-state index in [9.17, 15) is 4.79 Å². The maximum absolute atomic E-state index is 12.0. The highest BCUT2D eigenvalue weighted by molar-refractivity contribution is 5.90. The molecule has 116 valence electrons. The number of ether oxygens (including phenoxy) is 1. The van der Waals surface area contributed by atoms with Gasteiger partial charge in [-0.1, -0.05) is 19.3 Å². The Labute approximate surface area is 125 Å². The summed E-state index contributed by atoms with van der Waals surface area (Å²) < 4.78 is 7.55. The highest BCUT2D eigenvalue weighted by atomic mass is 16.5.